The Labute approximate surface area is 172 Å². The van der Waals surface area contributed by atoms with Gasteiger partial charge in [-0.15, -0.1) is 11.3 Å². The van der Waals surface area contributed by atoms with Gasteiger partial charge in [0.2, 0.25) is 0 Å². The highest BCUT2D eigenvalue weighted by atomic mass is 35.5. The van der Waals surface area contributed by atoms with E-state index in [4.69, 9.17) is 17.0 Å². The molecule has 3 nitrogen and oxygen atoms in total. The molecule has 0 saturated carbocycles. The third kappa shape index (κ3) is 4.66. The number of amidine groups is 1. The van der Waals surface area contributed by atoms with E-state index in [-0.39, 0.29) is 11.6 Å². The lowest BCUT2D eigenvalue weighted by Crippen LogP contribution is -2.21. The monoisotopic (exact) mass is 414 g/mol. The Bertz CT molecular complexity index is 1010. The highest BCUT2D eigenvalue weighted by molar-refractivity contribution is 7.18. The lowest BCUT2D eigenvalue weighted by Gasteiger charge is -2.14. The van der Waals surface area contributed by atoms with Crippen molar-refractivity contribution in [2.75, 3.05) is 14.1 Å². The molecule has 0 amide bonds. The van der Waals surface area contributed by atoms with Gasteiger partial charge in [-0.25, -0.2) is 4.39 Å². The van der Waals surface area contributed by atoms with Gasteiger partial charge < -0.3 is 4.90 Å². The minimum Gasteiger partial charge on any atom is -0.363 e. The third-order valence-electron chi connectivity index (χ3n) is 4.44. The number of carbonyl (C=O) groups is 1. The fourth-order valence-corrected chi connectivity index (χ4v) is 3.87. The maximum absolute atomic E-state index is 14.4. The average Bonchev–Trinajstić information content (AvgIpc) is 3.13. The van der Waals surface area contributed by atoms with Gasteiger partial charge in [0.15, 0.2) is 5.78 Å². The number of carbonyl (C=O) groups excluding carboxylic acids is 1. The average molecular weight is 415 g/mol. The van der Waals surface area contributed by atoms with Crippen LogP contribution in [0, 0.1) is 11.2 Å². The number of hydrogen-bond acceptors (Lipinski definition) is 3. The van der Waals surface area contributed by atoms with Gasteiger partial charge in [0.25, 0.3) is 0 Å². The molecule has 0 radical (unpaired) electrons. The maximum atomic E-state index is 14.4. The Kier molecular flexibility index (Phi) is 6.27. The summed E-state index contributed by atoms with van der Waals surface area (Å²) in [6, 6.07) is 15.6. The first-order chi connectivity index (χ1) is 13.3. The Balaban J connectivity index is 1.76. The van der Waals surface area contributed by atoms with Gasteiger partial charge in [-0.2, -0.15) is 0 Å². The van der Waals surface area contributed by atoms with Gasteiger partial charge in [-0.05, 0) is 41.8 Å². The second-order valence-corrected chi connectivity index (χ2v) is 8.38. The molecule has 0 bridgehead atoms. The summed E-state index contributed by atoms with van der Waals surface area (Å²) in [5, 5.41) is 8.02. The molecule has 0 aliphatic heterocycles. The number of benzene rings is 2. The molecule has 1 N–H and O–H groups in total. The van der Waals surface area contributed by atoms with Gasteiger partial charge in [-0.1, -0.05) is 41.9 Å². The van der Waals surface area contributed by atoms with Crippen LogP contribution in [-0.4, -0.2) is 30.6 Å². The Morgan fingerprint density at radius 2 is 1.82 bits per heavy atom. The predicted octanol–water partition coefficient (Wildman–Crippen LogP) is 5.91. The number of ketones is 1. The van der Waals surface area contributed by atoms with E-state index in [9.17, 15) is 9.18 Å². The van der Waals surface area contributed by atoms with Crippen LogP contribution in [0.25, 0.3) is 11.1 Å². The fourth-order valence-electron chi connectivity index (χ4n) is 2.86. The van der Waals surface area contributed by atoms with Crippen LogP contribution >= 0.6 is 22.9 Å². The number of hydrogen-bond donors (Lipinski definition) is 1. The summed E-state index contributed by atoms with van der Waals surface area (Å²) in [5.74, 6) is 0.123. The van der Waals surface area contributed by atoms with E-state index in [1.54, 1.807) is 29.2 Å². The molecule has 0 aliphatic rings. The summed E-state index contributed by atoms with van der Waals surface area (Å²) in [7, 11) is 3.62. The molecule has 28 heavy (non-hydrogen) atoms. The molecule has 0 aliphatic carbocycles. The SMILES string of the molecule is CN(C)C(=N)c1ccc(-c2cc(CCC(=O)c3ccc(Cl)s3)ccc2F)cc1. The van der Waals surface area contributed by atoms with E-state index < -0.39 is 0 Å². The van der Waals surface area contributed by atoms with Crippen LogP contribution in [0.15, 0.2) is 54.6 Å². The first-order valence-corrected chi connectivity index (χ1v) is 9.98. The van der Waals surface area contributed by atoms with Gasteiger partial charge in [0.05, 0.1) is 9.21 Å². The number of nitrogens with zero attached hydrogens (tertiary/aromatic N) is 1. The maximum Gasteiger partial charge on any atom is 0.173 e. The van der Waals surface area contributed by atoms with Crippen LogP contribution in [0.5, 0.6) is 0 Å². The summed E-state index contributed by atoms with van der Waals surface area (Å²) in [6.45, 7) is 0. The summed E-state index contributed by atoms with van der Waals surface area (Å²) in [5.41, 5.74) is 2.90. The number of thiophene rings is 1. The first-order valence-electron chi connectivity index (χ1n) is 8.79. The normalized spacial score (nSPS) is 10.7. The van der Waals surface area contributed by atoms with Gasteiger partial charge in [0.1, 0.15) is 11.7 Å². The van der Waals surface area contributed by atoms with E-state index in [0.29, 0.717) is 33.5 Å². The lowest BCUT2D eigenvalue weighted by atomic mass is 9.98. The van der Waals surface area contributed by atoms with Crippen molar-refractivity contribution in [2.45, 2.75) is 12.8 Å². The summed E-state index contributed by atoms with van der Waals surface area (Å²) in [6.07, 6.45) is 0.881. The summed E-state index contributed by atoms with van der Waals surface area (Å²) < 4.78 is 15.0. The van der Waals surface area contributed by atoms with Crippen LogP contribution in [0.3, 0.4) is 0 Å². The minimum atomic E-state index is -0.310. The number of Topliss-reactive ketones (excluding diaryl/α,β-unsaturated/α-hetero) is 1. The molecule has 0 atom stereocenters. The predicted molar refractivity (Wildman–Crippen MR) is 114 cm³/mol. The topological polar surface area (TPSA) is 44.2 Å². The van der Waals surface area contributed by atoms with Crippen LogP contribution in [-0.2, 0) is 6.42 Å². The Morgan fingerprint density at radius 1 is 1.11 bits per heavy atom. The van der Waals surface area contributed by atoms with Crippen molar-refractivity contribution in [2.24, 2.45) is 0 Å². The molecule has 3 rings (SSSR count). The van der Waals surface area contributed by atoms with Crippen molar-refractivity contribution in [1.82, 2.24) is 4.90 Å². The second kappa shape index (κ2) is 8.67. The molecular weight excluding hydrogens is 395 g/mol. The Morgan fingerprint density at radius 3 is 2.43 bits per heavy atom. The standard InChI is InChI=1S/C22H20ClFN2OS/c1-26(2)22(25)16-7-5-15(6-8-16)17-13-14(3-9-18(17)24)4-10-19(27)20-11-12-21(23)28-20/h3,5-9,11-13,25H,4,10H2,1-2H3. The van der Waals surface area contributed by atoms with E-state index in [2.05, 4.69) is 0 Å². The van der Waals surface area contributed by atoms with Crippen molar-refractivity contribution in [1.29, 1.82) is 5.41 Å². The summed E-state index contributed by atoms with van der Waals surface area (Å²) in [4.78, 5) is 14.6. The van der Waals surface area contributed by atoms with Crippen LogP contribution < -0.4 is 0 Å². The molecule has 0 unspecified atom stereocenters. The lowest BCUT2D eigenvalue weighted by molar-refractivity contribution is 0.0986. The first kappa shape index (κ1) is 20.2. The quantitative estimate of drug-likeness (QED) is 0.309. The molecule has 1 aromatic heterocycles. The number of rotatable bonds is 6. The second-order valence-electron chi connectivity index (χ2n) is 6.66. The molecule has 144 valence electrons. The zero-order valence-corrected chi connectivity index (χ0v) is 17.2. The van der Waals surface area contributed by atoms with Crippen molar-refractivity contribution in [3.05, 3.63) is 80.8 Å². The van der Waals surface area contributed by atoms with Gasteiger partial charge in [-0.3, -0.25) is 10.2 Å². The molecule has 6 heteroatoms. The zero-order valence-electron chi connectivity index (χ0n) is 15.6. The van der Waals surface area contributed by atoms with Crippen LogP contribution in [0.4, 0.5) is 4.39 Å². The minimum absolute atomic E-state index is 0.0364. The Hall–Kier alpha value is -2.50. The van der Waals surface area contributed by atoms with E-state index >= 15 is 0 Å². The van der Waals surface area contributed by atoms with Crippen molar-refractivity contribution >= 4 is 34.6 Å². The number of halogens is 2. The van der Waals surface area contributed by atoms with Crippen LogP contribution in [0.2, 0.25) is 4.34 Å². The van der Waals surface area contributed by atoms with E-state index in [1.807, 2.05) is 38.4 Å². The summed E-state index contributed by atoms with van der Waals surface area (Å²) >= 11 is 7.16. The molecule has 3 aromatic rings. The molecule has 0 saturated heterocycles. The number of aryl methyl sites for hydroxylation is 1. The van der Waals surface area contributed by atoms with Gasteiger partial charge in [0, 0.05) is 31.6 Å². The zero-order chi connectivity index (χ0) is 20.3. The van der Waals surface area contributed by atoms with Crippen molar-refractivity contribution < 1.29 is 9.18 Å². The van der Waals surface area contributed by atoms with Gasteiger partial charge >= 0.3 is 0 Å². The highest BCUT2D eigenvalue weighted by Gasteiger charge is 2.12. The smallest absolute Gasteiger partial charge is 0.173 e. The fraction of sp³-hybridized carbons (Fsp3) is 0.182. The van der Waals surface area contributed by atoms with Crippen LogP contribution in [0.1, 0.15) is 27.2 Å². The molecule has 0 fully saturated rings. The molecule has 1 heterocycles. The largest absolute Gasteiger partial charge is 0.363 e. The highest BCUT2D eigenvalue weighted by Crippen LogP contribution is 2.26. The van der Waals surface area contributed by atoms with Crippen molar-refractivity contribution in [3.8, 4) is 11.1 Å². The number of nitrogens with one attached hydrogen (secondary N) is 1. The van der Waals surface area contributed by atoms with E-state index in [1.165, 1.54) is 17.4 Å². The molecule has 2 aromatic carbocycles. The molecular formula is C22H20ClFN2OS. The van der Waals surface area contributed by atoms with E-state index in [0.717, 1.165) is 16.7 Å². The molecule has 0 spiro atoms. The third-order valence-corrected chi connectivity index (χ3v) is 5.71. The van der Waals surface area contributed by atoms with Crippen molar-refractivity contribution in [3.63, 3.8) is 0 Å².